The molecule has 0 saturated heterocycles. The summed E-state index contributed by atoms with van der Waals surface area (Å²) < 4.78 is 0. The van der Waals surface area contributed by atoms with Crippen LogP contribution in [0.3, 0.4) is 0 Å². The van der Waals surface area contributed by atoms with E-state index in [9.17, 15) is 10.2 Å². The molecule has 3 N–H and O–H groups in total. The average Bonchev–Trinajstić information content (AvgIpc) is 2.58. The molecule has 2 aromatic carbocycles. The van der Waals surface area contributed by atoms with Gasteiger partial charge in [0.05, 0.1) is 5.52 Å². The SMILES string of the molecule is Oc1ccc2[nH]c3c(O)cccc3c2c1. The van der Waals surface area contributed by atoms with Crippen LogP contribution in [0.15, 0.2) is 36.4 Å². The molecule has 1 heterocycles. The molecule has 3 aromatic rings. The minimum absolute atomic E-state index is 0.225. The maximum Gasteiger partial charge on any atom is 0.139 e. The van der Waals surface area contributed by atoms with Crippen molar-refractivity contribution in [1.82, 2.24) is 4.98 Å². The Morgan fingerprint density at radius 1 is 0.933 bits per heavy atom. The van der Waals surface area contributed by atoms with E-state index in [4.69, 9.17) is 0 Å². The van der Waals surface area contributed by atoms with Crippen LogP contribution in [0.5, 0.6) is 11.5 Å². The molecule has 0 radical (unpaired) electrons. The van der Waals surface area contributed by atoms with E-state index in [-0.39, 0.29) is 11.5 Å². The third-order valence-electron chi connectivity index (χ3n) is 2.60. The van der Waals surface area contributed by atoms with Gasteiger partial charge in [0.25, 0.3) is 0 Å². The molecule has 3 heteroatoms. The van der Waals surface area contributed by atoms with E-state index in [2.05, 4.69) is 4.98 Å². The quantitative estimate of drug-likeness (QED) is 0.521. The highest BCUT2D eigenvalue weighted by Crippen LogP contribution is 2.32. The summed E-state index contributed by atoms with van der Waals surface area (Å²) in [6.45, 7) is 0. The van der Waals surface area contributed by atoms with E-state index in [1.807, 2.05) is 6.07 Å². The lowest BCUT2D eigenvalue weighted by Gasteiger charge is -1.93. The van der Waals surface area contributed by atoms with Crippen molar-refractivity contribution in [2.24, 2.45) is 0 Å². The Kier molecular flexibility index (Phi) is 1.45. The highest BCUT2D eigenvalue weighted by Gasteiger charge is 2.07. The van der Waals surface area contributed by atoms with Gasteiger partial charge in [-0.2, -0.15) is 0 Å². The second kappa shape index (κ2) is 2.67. The predicted molar refractivity (Wildman–Crippen MR) is 59.1 cm³/mol. The van der Waals surface area contributed by atoms with Crippen molar-refractivity contribution in [3.8, 4) is 11.5 Å². The van der Waals surface area contributed by atoms with Crippen molar-refractivity contribution in [2.45, 2.75) is 0 Å². The number of aromatic hydroxyl groups is 2. The van der Waals surface area contributed by atoms with E-state index in [0.717, 1.165) is 16.3 Å². The zero-order valence-corrected chi connectivity index (χ0v) is 7.86. The molecular weight excluding hydrogens is 190 g/mol. The van der Waals surface area contributed by atoms with Gasteiger partial charge in [-0.05, 0) is 24.3 Å². The molecule has 3 nitrogen and oxygen atoms in total. The largest absolute Gasteiger partial charge is 0.508 e. The number of H-pyrrole nitrogens is 1. The van der Waals surface area contributed by atoms with Crippen molar-refractivity contribution in [3.05, 3.63) is 36.4 Å². The van der Waals surface area contributed by atoms with Crippen LogP contribution in [0.25, 0.3) is 21.8 Å². The molecule has 0 aliphatic rings. The summed E-state index contributed by atoms with van der Waals surface area (Å²) >= 11 is 0. The van der Waals surface area contributed by atoms with Crippen LogP contribution in [0.1, 0.15) is 0 Å². The number of rotatable bonds is 0. The molecule has 0 aliphatic heterocycles. The Morgan fingerprint density at radius 3 is 2.67 bits per heavy atom. The minimum Gasteiger partial charge on any atom is -0.508 e. The minimum atomic E-state index is 0.225. The average molecular weight is 199 g/mol. The normalized spacial score (nSPS) is 11.2. The maximum absolute atomic E-state index is 9.65. The molecule has 0 amide bonds. The number of para-hydroxylation sites is 1. The fourth-order valence-corrected chi connectivity index (χ4v) is 1.89. The fourth-order valence-electron chi connectivity index (χ4n) is 1.89. The molecule has 0 fully saturated rings. The van der Waals surface area contributed by atoms with Crippen molar-refractivity contribution in [1.29, 1.82) is 0 Å². The van der Waals surface area contributed by atoms with E-state index < -0.39 is 0 Å². The fraction of sp³-hybridized carbons (Fsp3) is 0. The Labute approximate surface area is 85.6 Å². The molecule has 0 saturated carbocycles. The summed E-state index contributed by atoms with van der Waals surface area (Å²) in [6.07, 6.45) is 0. The number of nitrogens with one attached hydrogen (secondary N) is 1. The molecule has 74 valence electrons. The predicted octanol–water partition coefficient (Wildman–Crippen LogP) is 2.73. The first-order valence-electron chi connectivity index (χ1n) is 4.68. The van der Waals surface area contributed by atoms with Gasteiger partial charge in [-0.25, -0.2) is 0 Å². The second-order valence-electron chi connectivity index (χ2n) is 3.55. The standard InChI is InChI=1S/C12H9NO2/c14-7-4-5-10-9(6-7)8-2-1-3-11(15)12(8)13-10/h1-6,13-15H. The Balaban J connectivity index is 2.58. The molecule has 0 atom stereocenters. The van der Waals surface area contributed by atoms with E-state index in [0.29, 0.717) is 5.52 Å². The molecule has 3 rings (SSSR count). The summed E-state index contributed by atoms with van der Waals surface area (Å²) in [7, 11) is 0. The monoisotopic (exact) mass is 199 g/mol. The number of benzene rings is 2. The van der Waals surface area contributed by atoms with E-state index in [1.54, 1.807) is 30.3 Å². The number of aromatic nitrogens is 1. The number of phenolic OH excluding ortho intramolecular Hbond substituents is 2. The summed E-state index contributed by atoms with van der Waals surface area (Å²) in [5.41, 5.74) is 1.61. The van der Waals surface area contributed by atoms with Crippen LogP contribution in [-0.4, -0.2) is 15.2 Å². The van der Waals surface area contributed by atoms with E-state index >= 15 is 0 Å². The van der Waals surface area contributed by atoms with Crippen LogP contribution in [0.2, 0.25) is 0 Å². The molecule has 15 heavy (non-hydrogen) atoms. The second-order valence-corrected chi connectivity index (χ2v) is 3.55. The summed E-state index contributed by atoms with van der Waals surface area (Å²) in [5, 5.41) is 20.9. The van der Waals surface area contributed by atoms with Crippen LogP contribution in [0, 0.1) is 0 Å². The van der Waals surface area contributed by atoms with Crippen molar-refractivity contribution < 1.29 is 10.2 Å². The lowest BCUT2D eigenvalue weighted by molar-refractivity contribution is 0.476. The number of aromatic amines is 1. The van der Waals surface area contributed by atoms with Gasteiger partial charge in [0, 0.05) is 16.3 Å². The van der Waals surface area contributed by atoms with Crippen LogP contribution in [0.4, 0.5) is 0 Å². The Bertz CT molecular complexity index is 655. The highest BCUT2D eigenvalue weighted by molar-refractivity contribution is 6.09. The third-order valence-corrected chi connectivity index (χ3v) is 2.60. The van der Waals surface area contributed by atoms with Gasteiger partial charge < -0.3 is 15.2 Å². The summed E-state index contributed by atoms with van der Waals surface area (Å²) in [6, 6.07) is 10.4. The third kappa shape index (κ3) is 1.06. The van der Waals surface area contributed by atoms with Gasteiger partial charge in [-0.15, -0.1) is 0 Å². The number of fused-ring (bicyclic) bond motifs is 3. The smallest absolute Gasteiger partial charge is 0.139 e. The molecule has 0 aliphatic carbocycles. The zero-order chi connectivity index (χ0) is 10.4. The van der Waals surface area contributed by atoms with Gasteiger partial charge >= 0.3 is 0 Å². The summed E-state index contributed by atoms with van der Waals surface area (Å²) in [5.74, 6) is 0.454. The number of hydrogen-bond donors (Lipinski definition) is 3. The first-order chi connectivity index (χ1) is 7.25. The van der Waals surface area contributed by atoms with Gasteiger partial charge in [0.2, 0.25) is 0 Å². The lowest BCUT2D eigenvalue weighted by Crippen LogP contribution is -1.68. The molecule has 1 aromatic heterocycles. The van der Waals surface area contributed by atoms with Crippen molar-refractivity contribution in [3.63, 3.8) is 0 Å². The molecular formula is C12H9NO2. The van der Waals surface area contributed by atoms with E-state index in [1.165, 1.54) is 0 Å². The first kappa shape index (κ1) is 8.17. The topological polar surface area (TPSA) is 56.2 Å². The number of hydrogen-bond acceptors (Lipinski definition) is 2. The zero-order valence-electron chi connectivity index (χ0n) is 7.86. The number of phenols is 2. The maximum atomic E-state index is 9.65. The van der Waals surface area contributed by atoms with Crippen LogP contribution in [-0.2, 0) is 0 Å². The van der Waals surface area contributed by atoms with Crippen molar-refractivity contribution in [2.75, 3.05) is 0 Å². The molecule has 0 bridgehead atoms. The van der Waals surface area contributed by atoms with Gasteiger partial charge in [0.15, 0.2) is 0 Å². The Hall–Kier alpha value is -2.16. The first-order valence-corrected chi connectivity index (χ1v) is 4.68. The van der Waals surface area contributed by atoms with Gasteiger partial charge in [0.1, 0.15) is 11.5 Å². The highest BCUT2D eigenvalue weighted by atomic mass is 16.3. The Morgan fingerprint density at radius 2 is 1.80 bits per heavy atom. The van der Waals surface area contributed by atoms with Crippen molar-refractivity contribution >= 4 is 21.8 Å². The van der Waals surface area contributed by atoms with Gasteiger partial charge in [-0.3, -0.25) is 0 Å². The van der Waals surface area contributed by atoms with Crippen LogP contribution >= 0.6 is 0 Å². The lowest BCUT2D eigenvalue weighted by atomic mass is 10.1. The summed E-state index contributed by atoms with van der Waals surface area (Å²) in [4.78, 5) is 3.11. The van der Waals surface area contributed by atoms with Gasteiger partial charge in [-0.1, -0.05) is 12.1 Å². The molecule has 0 spiro atoms. The molecule has 0 unspecified atom stereocenters. The van der Waals surface area contributed by atoms with Crippen LogP contribution < -0.4 is 0 Å².